The summed E-state index contributed by atoms with van der Waals surface area (Å²) in [4.78, 5) is 26.2. The summed E-state index contributed by atoms with van der Waals surface area (Å²) in [7, 11) is 0. The first kappa shape index (κ1) is 24.8. The molecule has 3 aromatic rings. The number of fused-ring (bicyclic) bond motifs is 1. The van der Waals surface area contributed by atoms with Crippen molar-refractivity contribution in [3.8, 4) is 0 Å². The zero-order valence-corrected chi connectivity index (χ0v) is 20.8. The smallest absolute Gasteiger partial charge is 0.250 e. The first-order valence-corrected chi connectivity index (χ1v) is 12.1. The van der Waals surface area contributed by atoms with Crippen LogP contribution in [0.25, 0.3) is 17.0 Å². The number of nitrogens with one attached hydrogen (secondary N) is 2. The van der Waals surface area contributed by atoms with Gasteiger partial charge in [-0.1, -0.05) is 53.7 Å². The van der Waals surface area contributed by atoms with Gasteiger partial charge >= 0.3 is 0 Å². The second kappa shape index (κ2) is 10.9. The quantitative estimate of drug-likeness (QED) is 0.211. The molecule has 4 rings (SSSR count). The van der Waals surface area contributed by atoms with E-state index in [4.69, 9.17) is 34.7 Å². The number of rotatable bonds is 6. The summed E-state index contributed by atoms with van der Waals surface area (Å²) in [5.74, 6) is 0.533. The molecule has 0 saturated heterocycles. The van der Waals surface area contributed by atoms with Gasteiger partial charge in [-0.2, -0.15) is 4.98 Å². The summed E-state index contributed by atoms with van der Waals surface area (Å²) in [5.41, 5.74) is 13.9. The van der Waals surface area contributed by atoms with Crippen LogP contribution in [0.1, 0.15) is 36.8 Å². The van der Waals surface area contributed by atoms with Gasteiger partial charge in [-0.3, -0.25) is 10.1 Å². The van der Waals surface area contributed by atoms with Gasteiger partial charge < -0.3 is 16.8 Å². The van der Waals surface area contributed by atoms with E-state index in [1.807, 2.05) is 25.1 Å². The van der Waals surface area contributed by atoms with Gasteiger partial charge in [-0.15, -0.1) is 0 Å². The Labute approximate surface area is 213 Å². The molecule has 10 heteroatoms. The van der Waals surface area contributed by atoms with Crippen LogP contribution in [0, 0.1) is 6.92 Å². The number of hydrogen-bond donors (Lipinski definition) is 4. The molecule has 1 heterocycles. The van der Waals surface area contributed by atoms with Gasteiger partial charge in [0.25, 0.3) is 5.91 Å². The van der Waals surface area contributed by atoms with Crippen LogP contribution in [-0.4, -0.2) is 33.9 Å². The summed E-state index contributed by atoms with van der Waals surface area (Å²) >= 11 is 12.0. The van der Waals surface area contributed by atoms with Crippen molar-refractivity contribution < 1.29 is 4.79 Å². The molecule has 1 aliphatic rings. The predicted molar refractivity (Wildman–Crippen MR) is 144 cm³/mol. The number of carbonyl (C=O) groups excluding carboxylic acids is 1. The van der Waals surface area contributed by atoms with E-state index < -0.39 is 0 Å². The third-order valence-corrected chi connectivity index (χ3v) is 6.56. The van der Waals surface area contributed by atoms with Gasteiger partial charge in [-0.05, 0) is 55.7 Å². The van der Waals surface area contributed by atoms with Crippen LogP contribution >= 0.6 is 23.2 Å². The maximum Gasteiger partial charge on any atom is 0.250 e. The number of anilines is 2. The van der Waals surface area contributed by atoms with Gasteiger partial charge in [-0.25, -0.2) is 9.98 Å². The molecule has 35 heavy (non-hydrogen) atoms. The molecular weight excluding hydrogens is 485 g/mol. The van der Waals surface area contributed by atoms with Crippen LogP contribution in [0.4, 0.5) is 11.8 Å². The molecule has 0 aliphatic heterocycles. The fraction of sp³-hybridized carbons (Fsp3) is 0.280. The molecule has 6 N–H and O–H groups in total. The van der Waals surface area contributed by atoms with Crippen molar-refractivity contribution in [2.75, 3.05) is 10.6 Å². The number of aromatic nitrogens is 2. The van der Waals surface area contributed by atoms with Crippen molar-refractivity contribution in [1.29, 1.82) is 0 Å². The molecule has 2 atom stereocenters. The maximum absolute atomic E-state index is 12.6. The molecule has 1 saturated carbocycles. The first-order chi connectivity index (χ1) is 16.8. The Morgan fingerprint density at radius 2 is 1.89 bits per heavy atom. The largest absolute Gasteiger partial charge is 0.370 e. The van der Waals surface area contributed by atoms with E-state index >= 15 is 0 Å². The number of halogens is 2. The molecule has 1 aliphatic carbocycles. The van der Waals surface area contributed by atoms with Gasteiger partial charge in [0.1, 0.15) is 5.82 Å². The average Bonchev–Trinajstić information content (AvgIpc) is 2.81. The highest BCUT2D eigenvalue weighted by molar-refractivity contribution is 6.42. The Morgan fingerprint density at radius 3 is 2.66 bits per heavy atom. The number of benzene rings is 2. The summed E-state index contributed by atoms with van der Waals surface area (Å²) in [5, 5.41) is 8.01. The summed E-state index contributed by atoms with van der Waals surface area (Å²) in [6.07, 6.45) is 6.97. The highest BCUT2D eigenvalue weighted by Gasteiger charge is 2.26. The van der Waals surface area contributed by atoms with Crippen molar-refractivity contribution in [3.05, 3.63) is 63.6 Å². The number of hydrogen-bond acceptors (Lipinski definition) is 5. The lowest BCUT2D eigenvalue weighted by Crippen LogP contribution is -2.38. The van der Waals surface area contributed by atoms with E-state index in [1.54, 1.807) is 24.3 Å². The van der Waals surface area contributed by atoms with Crippen LogP contribution in [0.5, 0.6) is 0 Å². The minimum Gasteiger partial charge on any atom is -0.370 e. The number of carbonyl (C=O) groups is 1. The molecule has 1 aromatic heterocycles. The van der Waals surface area contributed by atoms with Crippen molar-refractivity contribution in [2.24, 2.45) is 16.5 Å². The Morgan fingerprint density at radius 1 is 1.09 bits per heavy atom. The number of guanidine groups is 1. The lowest BCUT2D eigenvalue weighted by Gasteiger charge is -2.30. The van der Waals surface area contributed by atoms with Crippen molar-refractivity contribution in [3.63, 3.8) is 0 Å². The third kappa shape index (κ3) is 6.41. The minimum absolute atomic E-state index is 0.0163. The van der Waals surface area contributed by atoms with Crippen molar-refractivity contribution in [2.45, 2.75) is 44.7 Å². The number of nitrogens with zero attached hydrogens (tertiary/aromatic N) is 3. The Kier molecular flexibility index (Phi) is 7.73. The Balaban J connectivity index is 1.60. The van der Waals surface area contributed by atoms with Gasteiger partial charge in [0, 0.05) is 11.5 Å². The van der Waals surface area contributed by atoms with Crippen LogP contribution in [0.2, 0.25) is 10.0 Å². The van der Waals surface area contributed by atoms with Crippen LogP contribution < -0.4 is 22.1 Å². The molecule has 1 fully saturated rings. The maximum atomic E-state index is 12.6. The Hall–Kier alpha value is -3.36. The molecular formula is C25H27Cl2N7O. The fourth-order valence-electron chi connectivity index (χ4n) is 4.15. The summed E-state index contributed by atoms with van der Waals surface area (Å²) in [6.45, 7) is 2.01. The van der Waals surface area contributed by atoms with E-state index in [0.29, 0.717) is 21.4 Å². The van der Waals surface area contributed by atoms with E-state index in [1.165, 1.54) is 6.08 Å². The summed E-state index contributed by atoms with van der Waals surface area (Å²) in [6, 6.07) is 11.0. The topological polar surface area (TPSA) is 131 Å². The summed E-state index contributed by atoms with van der Waals surface area (Å²) < 4.78 is 0. The van der Waals surface area contributed by atoms with Crippen LogP contribution in [-0.2, 0) is 4.79 Å². The standard InChI is InChI=1S/C25H27Cl2N7O/c1-14-6-10-19-16(12-14)23(30-20-4-2-3-5-21(20)31-24(28)29)34-25(32-19)33-22(35)11-8-15-7-9-17(26)18(27)13-15/h6-13,20-21H,2-5H2,1H3,(H4,28,29,31)(H2,30,32,33,34,35). The predicted octanol–water partition coefficient (Wildman–Crippen LogP) is 4.89. The zero-order valence-electron chi connectivity index (χ0n) is 19.3. The van der Waals surface area contributed by atoms with Crippen molar-refractivity contribution in [1.82, 2.24) is 9.97 Å². The lowest BCUT2D eigenvalue weighted by molar-refractivity contribution is -0.111. The van der Waals surface area contributed by atoms with Gasteiger partial charge in [0.15, 0.2) is 5.96 Å². The molecule has 0 bridgehead atoms. The second-order valence-corrected chi connectivity index (χ2v) is 9.38. The monoisotopic (exact) mass is 511 g/mol. The van der Waals surface area contributed by atoms with Gasteiger partial charge in [0.2, 0.25) is 5.95 Å². The molecule has 2 unspecified atom stereocenters. The molecule has 0 radical (unpaired) electrons. The SMILES string of the molecule is Cc1ccc2nc(NC(=O)C=Cc3ccc(Cl)c(Cl)c3)nc(NC3CCCCC3N=C(N)N)c2c1. The minimum atomic E-state index is -0.371. The number of aryl methyl sites for hydroxylation is 1. The van der Waals surface area contributed by atoms with E-state index in [0.717, 1.165) is 42.2 Å². The Bertz CT molecular complexity index is 1300. The average molecular weight is 512 g/mol. The highest BCUT2D eigenvalue weighted by Crippen LogP contribution is 2.29. The number of amides is 1. The zero-order chi connectivity index (χ0) is 24.9. The van der Waals surface area contributed by atoms with Crippen LogP contribution in [0.3, 0.4) is 0 Å². The van der Waals surface area contributed by atoms with Crippen LogP contribution in [0.15, 0.2) is 47.5 Å². The highest BCUT2D eigenvalue weighted by atomic mass is 35.5. The molecule has 182 valence electrons. The molecule has 1 amide bonds. The molecule has 8 nitrogen and oxygen atoms in total. The van der Waals surface area contributed by atoms with E-state index in [2.05, 4.69) is 25.6 Å². The van der Waals surface area contributed by atoms with Gasteiger partial charge in [0.05, 0.1) is 27.6 Å². The first-order valence-electron chi connectivity index (χ1n) is 11.4. The van der Waals surface area contributed by atoms with Crippen molar-refractivity contribution >= 4 is 63.8 Å². The normalized spacial score (nSPS) is 17.9. The molecule has 0 spiro atoms. The van der Waals surface area contributed by atoms with E-state index in [9.17, 15) is 4.79 Å². The second-order valence-electron chi connectivity index (χ2n) is 8.57. The molecule has 2 aromatic carbocycles. The third-order valence-electron chi connectivity index (χ3n) is 5.82. The fourth-order valence-corrected chi connectivity index (χ4v) is 4.46. The number of aliphatic imine (C=N–C) groups is 1. The lowest BCUT2D eigenvalue weighted by atomic mass is 9.90. The number of nitrogens with two attached hydrogens (primary N) is 2. The van der Waals surface area contributed by atoms with E-state index in [-0.39, 0.29) is 29.9 Å².